The van der Waals surface area contributed by atoms with Gasteiger partial charge in [0.25, 0.3) is 0 Å². The van der Waals surface area contributed by atoms with Crippen molar-refractivity contribution in [1.29, 1.82) is 0 Å². The fraction of sp³-hybridized carbons (Fsp3) is 0.533. The molecule has 0 amide bonds. The number of rotatable bonds is 5. The molecule has 0 heterocycles. The molecule has 0 fully saturated rings. The maximum absolute atomic E-state index is 4.22. The van der Waals surface area contributed by atoms with E-state index in [2.05, 4.69) is 63.9 Å². The normalized spacial score (nSPS) is 17.0. The molecular weight excluding hydrogens is 194 g/mol. The number of hydrogen-bond acceptors (Lipinski definition) is 1. The van der Waals surface area contributed by atoms with Crippen molar-refractivity contribution in [3.63, 3.8) is 0 Å². The van der Waals surface area contributed by atoms with Crippen molar-refractivity contribution in [2.24, 2.45) is 10.9 Å². The first-order chi connectivity index (χ1) is 7.60. The third-order valence-electron chi connectivity index (χ3n) is 2.92. The average molecular weight is 219 g/mol. The molecule has 90 valence electrons. The molecule has 0 aliphatic carbocycles. The van der Waals surface area contributed by atoms with E-state index in [1.807, 2.05) is 7.05 Å². The van der Waals surface area contributed by atoms with Crippen molar-refractivity contribution in [2.75, 3.05) is 7.05 Å². The van der Waals surface area contributed by atoms with E-state index in [9.17, 15) is 0 Å². The lowest BCUT2D eigenvalue weighted by atomic mass is 9.93. The van der Waals surface area contributed by atoms with Crippen molar-refractivity contribution in [2.45, 2.75) is 41.0 Å². The van der Waals surface area contributed by atoms with Gasteiger partial charge in [-0.2, -0.15) is 0 Å². The minimum atomic E-state index is 0.449. The maximum atomic E-state index is 4.22. The van der Waals surface area contributed by atoms with E-state index in [1.54, 1.807) is 0 Å². The maximum Gasteiger partial charge on any atom is 0.0339 e. The summed E-state index contributed by atoms with van der Waals surface area (Å²) in [6.07, 6.45) is 9.71. The van der Waals surface area contributed by atoms with E-state index < -0.39 is 0 Å². The van der Waals surface area contributed by atoms with Gasteiger partial charge in [-0.1, -0.05) is 37.6 Å². The molecular formula is C15H25N. The largest absolute Gasteiger partial charge is 0.293 e. The SMILES string of the molecule is C/C=C(C)\C(=C/C)C(C)/C=C\C(CC)=N/C. The molecule has 0 rings (SSSR count). The van der Waals surface area contributed by atoms with Gasteiger partial charge in [-0.15, -0.1) is 0 Å². The second-order valence-corrected chi connectivity index (χ2v) is 3.93. The molecule has 0 bridgehead atoms. The first kappa shape index (κ1) is 14.9. The second kappa shape index (κ2) is 8.09. The van der Waals surface area contributed by atoms with Crippen molar-refractivity contribution in [1.82, 2.24) is 0 Å². The molecule has 0 spiro atoms. The summed E-state index contributed by atoms with van der Waals surface area (Å²) in [4.78, 5) is 4.22. The lowest BCUT2D eigenvalue weighted by Crippen LogP contribution is -1.99. The topological polar surface area (TPSA) is 12.4 Å². The molecule has 0 N–H and O–H groups in total. The fourth-order valence-electron chi connectivity index (χ4n) is 1.73. The Labute approximate surface area is 101 Å². The molecule has 1 heteroatoms. The summed E-state index contributed by atoms with van der Waals surface area (Å²) in [6.45, 7) is 10.7. The van der Waals surface area contributed by atoms with Gasteiger partial charge in [0.2, 0.25) is 0 Å². The fourth-order valence-corrected chi connectivity index (χ4v) is 1.73. The molecule has 0 saturated heterocycles. The summed E-state index contributed by atoms with van der Waals surface area (Å²) in [6, 6.07) is 0. The highest BCUT2D eigenvalue weighted by molar-refractivity contribution is 5.94. The number of hydrogen-bond donors (Lipinski definition) is 0. The second-order valence-electron chi connectivity index (χ2n) is 3.93. The first-order valence-corrected chi connectivity index (χ1v) is 6.03. The Kier molecular flexibility index (Phi) is 7.53. The third kappa shape index (κ3) is 4.61. The van der Waals surface area contributed by atoms with Gasteiger partial charge in [-0.05, 0) is 44.8 Å². The van der Waals surface area contributed by atoms with E-state index in [1.165, 1.54) is 11.1 Å². The molecule has 0 aliphatic heterocycles. The van der Waals surface area contributed by atoms with Crippen LogP contribution in [0.2, 0.25) is 0 Å². The minimum Gasteiger partial charge on any atom is -0.293 e. The highest BCUT2D eigenvalue weighted by atomic mass is 14.7. The summed E-state index contributed by atoms with van der Waals surface area (Å²) in [5.74, 6) is 0.449. The van der Waals surface area contributed by atoms with Crippen molar-refractivity contribution < 1.29 is 0 Å². The van der Waals surface area contributed by atoms with Crippen molar-refractivity contribution in [3.8, 4) is 0 Å². The van der Waals surface area contributed by atoms with Crippen LogP contribution in [0.15, 0.2) is 40.4 Å². The average Bonchev–Trinajstić information content (AvgIpc) is 2.31. The van der Waals surface area contributed by atoms with E-state index in [0.29, 0.717) is 5.92 Å². The predicted molar refractivity (Wildman–Crippen MR) is 75.1 cm³/mol. The molecule has 1 atom stereocenters. The summed E-state index contributed by atoms with van der Waals surface area (Å²) in [5, 5.41) is 0. The number of aliphatic imine (C=N–C) groups is 1. The summed E-state index contributed by atoms with van der Waals surface area (Å²) in [5.41, 5.74) is 3.90. The van der Waals surface area contributed by atoms with Crippen LogP contribution in [-0.2, 0) is 0 Å². The monoisotopic (exact) mass is 219 g/mol. The molecule has 0 aromatic rings. The smallest absolute Gasteiger partial charge is 0.0339 e. The van der Waals surface area contributed by atoms with Crippen LogP contribution in [0.4, 0.5) is 0 Å². The van der Waals surface area contributed by atoms with Gasteiger partial charge in [-0.25, -0.2) is 0 Å². The Hall–Kier alpha value is -1.11. The Balaban J connectivity index is 4.75. The minimum absolute atomic E-state index is 0.449. The predicted octanol–water partition coefficient (Wildman–Crippen LogP) is 4.57. The molecule has 0 aromatic heterocycles. The standard InChI is InChI=1S/C15H25N/c1-7-12(4)15(9-3)13(5)10-11-14(8-2)16-6/h7,9-11,13H,8H2,1-6H3/b11-10-,12-7-,15-9+,16-14-. The Bertz CT molecular complexity index is 316. The molecule has 0 aliphatic rings. The van der Waals surface area contributed by atoms with Crippen LogP contribution in [0, 0.1) is 5.92 Å². The Morgan fingerprint density at radius 1 is 1.25 bits per heavy atom. The van der Waals surface area contributed by atoms with E-state index in [-0.39, 0.29) is 0 Å². The Morgan fingerprint density at radius 3 is 2.25 bits per heavy atom. The van der Waals surface area contributed by atoms with Crippen LogP contribution in [0.3, 0.4) is 0 Å². The van der Waals surface area contributed by atoms with Gasteiger partial charge in [0.05, 0.1) is 0 Å². The molecule has 0 aromatic carbocycles. The van der Waals surface area contributed by atoms with Crippen molar-refractivity contribution >= 4 is 5.71 Å². The lowest BCUT2D eigenvalue weighted by Gasteiger charge is -2.12. The molecule has 16 heavy (non-hydrogen) atoms. The lowest BCUT2D eigenvalue weighted by molar-refractivity contribution is 0.868. The molecule has 1 unspecified atom stereocenters. The zero-order valence-corrected chi connectivity index (χ0v) is 11.5. The van der Waals surface area contributed by atoms with Crippen LogP contribution in [0.1, 0.15) is 41.0 Å². The van der Waals surface area contributed by atoms with Crippen LogP contribution < -0.4 is 0 Å². The van der Waals surface area contributed by atoms with E-state index >= 15 is 0 Å². The van der Waals surface area contributed by atoms with Crippen LogP contribution in [0.5, 0.6) is 0 Å². The highest BCUT2D eigenvalue weighted by Crippen LogP contribution is 2.20. The van der Waals surface area contributed by atoms with Gasteiger partial charge in [0.15, 0.2) is 0 Å². The van der Waals surface area contributed by atoms with Gasteiger partial charge in [0.1, 0.15) is 0 Å². The van der Waals surface area contributed by atoms with E-state index in [0.717, 1.165) is 12.1 Å². The summed E-state index contributed by atoms with van der Waals surface area (Å²) < 4.78 is 0. The number of nitrogens with zero attached hydrogens (tertiary/aromatic N) is 1. The summed E-state index contributed by atoms with van der Waals surface area (Å²) >= 11 is 0. The molecule has 1 nitrogen and oxygen atoms in total. The quantitative estimate of drug-likeness (QED) is 0.474. The first-order valence-electron chi connectivity index (χ1n) is 6.03. The zero-order valence-electron chi connectivity index (χ0n) is 11.5. The van der Waals surface area contributed by atoms with Crippen LogP contribution >= 0.6 is 0 Å². The van der Waals surface area contributed by atoms with Gasteiger partial charge in [0, 0.05) is 12.8 Å². The number of allylic oxidation sites excluding steroid dienone is 6. The molecule has 0 radical (unpaired) electrons. The van der Waals surface area contributed by atoms with Crippen LogP contribution in [-0.4, -0.2) is 12.8 Å². The summed E-state index contributed by atoms with van der Waals surface area (Å²) in [7, 11) is 1.85. The van der Waals surface area contributed by atoms with Gasteiger partial charge >= 0.3 is 0 Å². The van der Waals surface area contributed by atoms with E-state index in [4.69, 9.17) is 0 Å². The third-order valence-corrected chi connectivity index (χ3v) is 2.92. The van der Waals surface area contributed by atoms with Gasteiger partial charge < -0.3 is 0 Å². The Morgan fingerprint density at radius 2 is 1.88 bits per heavy atom. The van der Waals surface area contributed by atoms with Gasteiger partial charge in [-0.3, -0.25) is 4.99 Å². The zero-order chi connectivity index (χ0) is 12.6. The molecule has 0 saturated carbocycles. The van der Waals surface area contributed by atoms with Crippen LogP contribution in [0.25, 0.3) is 0 Å². The van der Waals surface area contributed by atoms with Crippen molar-refractivity contribution in [3.05, 3.63) is 35.5 Å². The highest BCUT2D eigenvalue weighted by Gasteiger charge is 2.05.